The summed E-state index contributed by atoms with van der Waals surface area (Å²) >= 11 is 0. The molecular weight excluding hydrogens is 233 g/mol. The van der Waals surface area contributed by atoms with Crippen LogP contribution in [0.15, 0.2) is 0 Å². The van der Waals surface area contributed by atoms with Gasteiger partial charge in [0.15, 0.2) is 5.16 Å². The molecule has 0 bridgehead atoms. The second-order valence-electron chi connectivity index (χ2n) is 4.80. The van der Waals surface area contributed by atoms with Crippen molar-refractivity contribution < 1.29 is 24.3 Å². The summed E-state index contributed by atoms with van der Waals surface area (Å²) < 4.78 is 11.4. The zero-order chi connectivity index (χ0) is 12.0. The normalized spacial score (nSPS) is 39.4. The molecule has 1 aliphatic heterocycles. The highest BCUT2D eigenvalue weighted by molar-refractivity contribution is 7.54. The molecule has 1 saturated heterocycles. The molecule has 1 aliphatic carbocycles. The zero-order valence-electron chi connectivity index (χ0n) is 8.80. The lowest BCUT2D eigenvalue weighted by atomic mass is 9.90. The summed E-state index contributed by atoms with van der Waals surface area (Å²) in [7, 11) is -4.60. The fraction of sp³-hybridized carbons (Fsp3) is 0.889. The number of carboxylic acid groups (broad SMARTS) is 1. The monoisotopic (exact) mass is 249 g/mol. The number of piperidine rings is 1. The predicted molar refractivity (Wildman–Crippen MR) is 56.1 cm³/mol. The number of carbonyl (C=O) groups is 1. The zero-order valence-corrected chi connectivity index (χ0v) is 9.69. The van der Waals surface area contributed by atoms with E-state index in [1.807, 2.05) is 0 Å². The van der Waals surface area contributed by atoms with Crippen LogP contribution >= 0.6 is 7.60 Å². The van der Waals surface area contributed by atoms with E-state index in [-0.39, 0.29) is 24.7 Å². The van der Waals surface area contributed by atoms with E-state index in [1.54, 1.807) is 0 Å². The summed E-state index contributed by atoms with van der Waals surface area (Å²) in [5, 5.41) is 10.4. The lowest BCUT2D eigenvalue weighted by Crippen LogP contribution is -2.36. The van der Waals surface area contributed by atoms with Crippen LogP contribution in [0.2, 0.25) is 0 Å². The first kappa shape index (κ1) is 12.0. The highest BCUT2D eigenvalue weighted by atomic mass is 31.2. The van der Waals surface area contributed by atoms with Crippen LogP contribution in [0.4, 0.5) is 0 Å². The van der Waals surface area contributed by atoms with Crippen molar-refractivity contribution in [3.8, 4) is 0 Å². The number of hydrogen-bond acceptors (Lipinski definition) is 3. The van der Waals surface area contributed by atoms with Gasteiger partial charge in [0.05, 0.1) is 0 Å². The maximum absolute atomic E-state index is 11.4. The Labute approximate surface area is 93.2 Å². The number of aliphatic carboxylic acids is 1. The van der Waals surface area contributed by atoms with Gasteiger partial charge < -0.3 is 20.2 Å². The van der Waals surface area contributed by atoms with Gasteiger partial charge in [0.25, 0.3) is 0 Å². The van der Waals surface area contributed by atoms with Crippen LogP contribution in [0.3, 0.4) is 0 Å². The summed E-state index contributed by atoms with van der Waals surface area (Å²) in [6, 6.07) is 0. The Bertz CT molecular complexity index is 338. The average Bonchev–Trinajstić information content (AvgIpc) is 2.56. The molecule has 4 N–H and O–H groups in total. The van der Waals surface area contributed by atoms with Crippen molar-refractivity contribution in [1.29, 1.82) is 0 Å². The quantitative estimate of drug-likeness (QED) is 0.513. The molecule has 7 heteroatoms. The number of fused-ring (bicyclic) bond motifs is 1. The Balaban J connectivity index is 2.31. The molecule has 92 valence electrons. The summed E-state index contributed by atoms with van der Waals surface area (Å²) in [5.74, 6) is -1.14. The Morgan fingerprint density at radius 1 is 1.31 bits per heavy atom. The summed E-state index contributed by atoms with van der Waals surface area (Å²) in [4.78, 5) is 29.8. The summed E-state index contributed by atoms with van der Waals surface area (Å²) in [6.07, 6.45) is 1.00. The van der Waals surface area contributed by atoms with Gasteiger partial charge in [-0.2, -0.15) is 0 Å². The minimum absolute atomic E-state index is 0.0810. The van der Waals surface area contributed by atoms with E-state index in [2.05, 4.69) is 5.32 Å². The van der Waals surface area contributed by atoms with Gasteiger partial charge in [0, 0.05) is 0 Å². The standard InChI is InChI=1S/C9H16NO5P/c11-8(12)9(16(13,14)15)3-6-1-2-10-5-7(6)4-9/h6-7,10H,1-5H2,(H,11,12)(H2,13,14,15). The van der Waals surface area contributed by atoms with Gasteiger partial charge in [-0.3, -0.25) is 9.36 Å². The van der Waals surface area contributed by atoms with Crippen molar-refractivity contribution in [3.05, 3.63) is 0 Å². The van der Waals surface area contributed by atoms with Gasteiger partial charge in [-0.15, -0.1) is 0 Å². The Morgan fingerprint density at radius 3 is 2.44 bits per heavy atom. The molecule has 0 radical (unpaired) electrons. The molecule has 1 saturated carbocycles. The van der Waals surface area contributed by atoms with Crippen LogP contribution < -0.4 is 5.32 Å². The lowest BCUT2D eigenvalue weighted by Gasteiger charge is -2.25. The van der Waals surface area contributed by atoms with Crippen LogP contribution in [0.5, 0.6) is 0 Å². The van der Waals surface area contributed by atoms with E-state index >= 15 is 0 Å². The topological polar surface area (TPSA) is 107 Å². The molecule has 0 aromatic rings. The molecular formula is C9H16NO5P. The van der Waals surface area contributed by atoms with Gasteiger partial charge in [0.2, 0.25) is 0 Å². The minimum atomic E-state index is -4.60. The summed E-state index contributed by atoms with van der Waals surface area (Å²) in [5.41, 5.74) is 0. The Hall–Kier alpha value is -0.420. The first-order valence-electron chi connectivity index (χ1n) is 5.36. The van der Waals surface area contributed by atoms with E-state index in [4.69, 9.17) is 5.11 Å². The van der Waals surface area contributed by atoms with Gasteiger partial charge in [-0.05, 0) is 44.2 Å². The van der Waals surface area contributed by atoms with E-state index in [9.17, 15) is 19.1 Å². The average molecular weight is 249 g/mol. The molecule has 6 nitrogen and oxygen atoms in total. The van der Waals surface area contributed by atoms with Crippen LogP contribution in [0.25, 0.3) is 0 Å². The third kappa shape index (κ3) is 1.70. The van der Waals surface area contributed by atoms with E-state index in [0.717, 1.165) is 13.0 Å². The van der Waals surface area contributed by atoms with Gasteiger partial charge in [0.1, 0.15) is 0 Å². The number of nitrogens with one attached hydrogen (secondary N) is 1. The largest absolute Gasteiger partial charge is 0.480 e. The minimum Gasteiger partial charge on any atom is -0.480 e. The molecule has 16 heavy (non-hydrogen) atoms. The molecule has 3 unspecified atom stereocenters. The molecule has 0 aromatic heterocycles. The number of carboxylic acids is 1. The molecule has 1 heterocycles. The molecule has 2 aliphatic rings. The molecule has 2 rings (SSSR count). The van der Waals surface area contributed by atoms with Gasteiger partial charge >= 0.3 is 13.6 Å². The van der Waals surface area contributed by atoms with Gasteiger partial charge in [-0.25, -0.2) is 0 Å². The van der Waals surface area contributed by atoms with E-state index in [1.165, 1.54) is 0 Å². The van der Waals surface area contributed by atoms with Crippen molar-refractivity contribution in [2.75, 3.05) is 13.1 Å². The molecule has 0 amide bonds. The van der Waals surface area contributed by atoms with Crippen molar-refractivity contribution in [2.24, 2.45) is 11.8 Å². The molecule has 0 aromatic carbocycles. The number of rotatable bonds is 2. The number of hydrogen-bond donors (Lipinski definition) is 4. The maximum Gasteiger partial charge on any atom is 0.342 e. The fourth-order valence-electron chi connectivity index (χ4n) is 2.97. The van der Waals surface area contributed by atoms with E-state index in [0.29, 0.717) is 6.54 Å². The Kier molecular flexibility index (Phi) is 2.87. The van der Waals surface area contributed by atoms with Crippen molar-refractivity contribution in [3.63, 3.8) is 0 Å². The van der Waals surface area contributed by atoms with Crippen LogP contribution in [-0.2, 0) is 9.36 Å². The SMILES string of the molecule is O=C(O)C1(P(=O)(O)O)CC2CCNCC2C1. The third-order valence-electron chi connectivity index (χ3n) is 3.92. The maximum atomic E-state index is 11.4. The lowest BCUT2D eigenvalue weighted by molar-refractivity contribution is -0.140. The third-order valence-corrected chi connectivity index (χ3v) is 5.59. The highest BCUT2D eigenvalue weighted by Gasteiger charge is 2.61. The first-order chi connectivity index (χ1) is 7.37. The molecule has 0 spiro atoms. The van der Waals surface area contributed by atoms with E-state index < -0.39 is 18.7 Å². The first-order valence-corrected chi connectivity index (χ1v) is 6.98. The van der Waals surface area contributed by atoms with Crippen LogP contribution in [0, 0.1) is 11.8 Å². The second kappa shape index (κ2) is 3.81. The fourth-order valence-corrected chi connectivity index (χ4v) is 4.17. The second-order valence-corrected chi connectivity index (χ2v) is 6.75. The van der Waals surface area contributed by atoms with Crippen LogP contribution in [-0.4, -0.2) is 39.1 Å². The molecule has 3 atom stereocenters. The summed E-state index contributed by atoms with van der Waals surface area (Å²) in [6.45, 7) is 1.47. The highest BCUT2D eigenvalue weighted by Crippen LogP contribution is 2.62. The predicted octanol–water partition coefficient (Wildman–Crippen LogP) is 0.00700. The van der Waals surface area contributed by atoms with Crippen molar-refractivity contribution >= 4 is 13.6 Å². The smallest absolute Gasteiger partial charge is 0.342 e. The van der Waals surface area contributed by atoms with Gasteiger partial charge in [-0.1, -0.05) is 0 Å². The molecule has 2 fully saturated rings. The van der Waals surface area contributed by atoms with Crippen LogP contribution in [0.1, 0.15) is 19.3 Å². The van der Waals surface area contributed by atoms with Crippen molar-refractivity contribution in [1.82, 2.24) is 5.32 Å². The Morgan fingerprint density at radius 2 is 1.94 bits per heavy atom. The van der Waals surface area contributed by atoms with Crippen molar-refractivity contribution in [2.45, 2.75) is 24.4 Å².